The van der Waals surface area contributed by atoms with E-state index in [-0.39, 0.29) is 11.8 Å². The van der Waals surface area contributed by atoms with Crippen LogP contribution in [0.3, 0.4) is 0 Å². The van der Waals surface area contributed by atoms with Crippen LogP contribution in [-0.4, -0.2) is 24.3 Å². The summed E-state index contributed by atoms with van der Waals surface area (Å²) in [6.07, 6.45) is 3.31. The fourth-order valence-corrected chi connectivity index (χ4v) is 1.30. The third-order valence-electron chi connectivity index (χ3n) is 2.24. The van der Waals surface area contributed by atoms with Crippen LogP contribution in [0.25, 0.3) is 0 Å². The fourth-order valence-electron chi connectivity index (χ4n) is 1.30. The topological polar surface area (TPSA) is 46.5 Å². The molecule has 70 valence electrons. The van der Waals surface area contributed by atoms with E-state index in [0.29, 0.717) is 6.61 Å². The molecule has 0 aromatic carbocycles. The summed E-state index contributed by atoms with van der Waals surface area (Å²) in [5, 5.41) is 8.59. The van der Waals surface area contributed by atoms with Crippen molar-refractivity contribution in [2.45, 2.75) is 32.6 Å². The summed E-state index contributed by atoms with van der Waals surface area (Å²) in [4.78, 5) is 10.4. The zero-order valence-electron chi connectivity index (χ0n) is 7.51. The maximum absolute atomic E-state index is 10.4. The molecule has 3 heteroatoms. The van der Waals surface area contributed by atoms with Gasteiger partial charge in [0.25, 0.3) is 0 Å². The molecule has 3 nitrogen and oxygen atoms in total. The lowest BCUT2D eigenvalue weighted by Crippen LogP contribution is -2.15. The van der Waals surface area contributed by atoms with Crippen molar-refractivity contribution in [1.29, 1.82) is 0 Å². The fraction of sp³-hybridized carbons (Fsp3) is 0.889. The number of ether oxygens (including phenoxy) is 1. The smallest absolute Gasteiger partial charge is 0.303 e. The van der Waals surface area contributed by atoms with Crippen molar-refractivity contribution in [3.05, 3.63) is 0 Å². The maximum atomic E-state index is 10.4. The lowest BCUT2D eigenvalue weighted by atomic mass is 10.0. The van der Waals surface area contributed by atoms with Crippen LogP contribution in [0.1, 0.15) is 32.6 Å². The van der Waals surface area contributed by atoms with E-state index in [9.17, 15) is 4.79 Å². The first-order valence-corrected chi connectivity index (χ1v) is 4.48. The summed E-state index contributed by atoms with van der Waals surface area (Å²) >= 11 is 0. The Morgan fingerprint density at radius 3 is 2.67 bits per heavy atom. The van der Waals surface area contributed by atoms with Gasteiger partial charge in [-0.1, -0.05) is 6.92 Å². The lowest BCUT2D eigenvalue weighted by molar-refractivity contribution is -0.139. The molecule has 0 aromatic rings. The molecule has 1 saturated carbocycles. The molecular weight excluding hydrogens is 156 g/mol. The van der Waals surface area contributed by atoms with Gasteiger partial charge in [-0.2, -0.15) is 0 Å². The molecule has 0 aliphatic heterocycles. The van der Waals surface area contributed by atoms with Gasteiger partial charge >= 0.3 is 5.97 Å². The monoisotopic (exact) mass is 172 g/mol. The highest BCUT2D eigenvalue weighted by atomic mass is 16.5. The SMILES string of the molecule is CCCOCC1(CC(=O)O)CC1. The Labute approximate surface area is 72.7 Å². The van der Waals surface area contributed by atoms with Crippen molar-refractivity contribution in [1.82, 2.24) is 0 Å². The number of carbonyl (C=O) groups is 1. The van der Waals surface area contributed by atoms with E-state index in [4.69, 9.17) is 9.84 Å². The third kappa shape index (κ3) is 2.81. The Kier molecular flexibility index (Phi) is 3.09. The Balaban J connectivity index is 2.16. The molecule has 1 N–H and O–H groups in total. The van der Waals surface area contributed by atoms with E-state index < -0.39 is 5.97 Å². The van der Waals surface area contributed by atoms with E-state index >= 15 is 0 Å². The molecular formula is C9H16O3. The van der Waals surface area contributed by atoms with Crippen LogP contribution in [0.4, 0.5) is 0 Å². The van der Waals surface area contributed by atoms with E-state index in [1.807, 2.05) is 0 Å². The van der Waals surface area contributed by atoms with E-state index in [1.54, 1.807) is 0 Å². The van der Waals surface area contributed by atoms with Gasteiger partial charge in [-0.25, -0.2) is 0 Å². The molecule has 0 saturated heterocycles. The molecule has 0 spiro atoms. The maximum Gasteiger partial charge on any atom is 0.303 e. The molecule has 0 unspecified atom stereocenters. The summed E-state index contributed by atoms with van der Waals surface area (Å²) in [5.41, 5.74) is 0.000995. The van der Waals surface area contributed by atoms with Crippen molar-refractivity contribution in [2.24, 2.45) is 5.41 Å². The third-order valence-corrected chi connectivity index (χ3v) is 2.24. The number of aliphatic carboxylic acids is 1. The highest BCUT2D eigenvalue weighted by Crippen LogP contribution is 2.48. The van der Waals surface area contributed by atoms with Crippen LogP contribution in [-0.2, 0) is 9.53 Å². The Morgan fingerprint density at radius 1 is 1.58 bits per heavy atom. The molecule has 12 heavy (non-hydrogen) atoms. The molecule has 0 bridgehead atoms. The first-order chi connectivity index (χ1) is 5.68. The molecule has 1 fully saturated rings. The van der Waals surface area contributed by atoms with Crippen LogP contribution in [0.5, 0.6) is 0 Å². The first-order valence-electron chi connectivity index (χ1n) is 4.48. The van der Waals surface area contributed by atoms with Gasteiger partial charge in [-0.3, -0.25) is 4.79 Å². The molecule has 0 radical (unpaired) electrons. The number of hydrogen-bond acceptors (Lipinski definition) is 2. The molecule has 1 rings (SSSR count). The summed E-state index contributed by atoms with van der Waals surface area (Å²) in [6, 6.07) is 0. The van der Waals surface area contributed by atoms with Crippen molar-refractivity contribution in [3.63, 3.8) is 0 Å². The quantitative estimate of drug-likeness (QED) is 0.620. The number of hydrogen-bond donors (Lipinski definition) is 1. The average molecular weight is 172 g/mol. The largest absolute Gasteiger partial charge is 0.481 e. The van der Waals surface area contributed by atoms with Crippen molar-refractivity contribution in [3.8, 4) is 0 Å². The molecule has 1 aliphatic carbocycles. The van der Waals surface area contributed by atoms with Crippen molar-refractivity contribution < 1.29 is 14.6 Å². The highest BCUT2D eigenvalue weighted by molar-refractivity contribution is 5.68. The summed E-state index contributed by atoms with van der Waals surface area (Å²) in [6.45, 7) is 3.44. The number of rotatable bonds is 6. The second kappa shape index (κ2) is 3.90. The zero-order valence-corrected chi connectivity index (χ0v) is 7.51. The number of carboxylic acid groups (broad SMARTS) is 1. The van der Waals surface area contributed by atoms with Crippen LogP contribution < -0.4 is 0 Å². The summed E-state index contributed by atoms with van der Waals surface area (Å²) < 4.78 is 5.35. The molecule has 0 amide bonds. The van der Waals surface area contributed by atoms with Crippen LogP contribution in [0.2, 0.25) is 0 Å². The van der Waals surface area contributed by atoms with Gasteiger partial charge in [0.1, 0.15) is 0 Å². The van der Waals surface area contributed by atoms with E-state index in [2.05, 4.69) is 6.92 Å². The van der Waals surface area contributed by atoms with Gasteiger partial charge in [0.2, 0.25) is 0 Å². The second-order valence-corrected chi connectivity index (χ2v) is 3.62. The van der Waals surface area contributed by atoms with E-state index in [0.717, 1.165) is 25.9 Å². The van der Waals surface area contributed by atoms with Gasteiger partial charge in [0, 0.05) is 12.0 Å². The minimum absolute atomic E-state index is 0.000995. The predicted octanol–water partition coefficient (Wildman–Crippen LogP) is 1.67. The summed E-state index contributed by atoms with van der Waals surface area (Å²) in [7, 11) is 0. The standard InChI is InChI=1S/C9H16O3/c1-2-5-12-7-9(3-4-9)6-8(10)11/h2-7H2,1H3,(H,10,11). The van der Waals surface area contributed by atoms with Gasteiger partial charge < -0.3 is 9.84 Å². The second-order valence-electron chi connectivity index (χ2n) is 3.62. The molecule has 1 aliphatic rings. The van der Waals surface area contributed by atoms with Crippen LogP contribution >= 0.6 is 0 Å². The number of carboxylic acids is 1. The minimum atomic E-state index is -0.701. The van der Waals surface area contributed by atoms with Crippen molar-refractivity contribution >= 4 is 5.97 Å². The van der Waals surface area contributed by atoms with Crippen LogP contribution in [0.15, 0.2) is 0 Å². The van der Waals surface area contributed by atoms with Crippen molar-refractivity contribution in [2.75, 3.05) is 13.2 Å². The summed E-state index contributed by atoms with van der Waals surface area (Å²) in [5.74, 6) is -0.701. The van der Waals surface area contributed by atoms with Gasteiger partial charge in [0.05, 0.1) is 13.0 Å². The molecule has 0 atom stereocenters. The molecule has 0 heterocycles. The lowest BCUT2D eigenvalue weighted by Gasteiger charge is -2.11. The van der Waals surface area contributed by atoms with Crippen LogP contribution in [0, 0.1) is 5.41 Å². The van der Waals surface area contributed by atoms with Gasteiger partial charge in [-0.05, 0) is 19.3 Å². The Bertz CT molecular complexity index is 161. The highest BCUT2D eigenvalue weighted by Gasteiger charge is 2.44. The van der Waals surface area contributed by atoms with E-state index in [1.165, 1.54) is 0 Å². The average Bonchev–Trinajstić information content (AvgIpc) is 2.69. The minimum Gasteiger partial charge on any atom is -0.481 e. The zero-order chi connectivity index (χ0) is 9.03. The Morgan fingerprint density at radius 2 is 2.25 bits per heavy atom. The molecule has 0 aromatic heterocycles. The van der Waals surface area contributed by atoms with Gasteiger partial charge in [-0.15, -0.1) is 0 Å². The Hall–Kier alpha value is -0.570. The first kappa shape index (κ1) is 9.52. The predicted molar refractivity (Wildman–Crippen MR) is 45.0 cm³/mol. The normalized spacial score (nSPS) is 19.1. The van der Waals surface area contributed by atoms with Gasteiger partial charge in [0.15, 0.2) is 0 Å².